The molecule has 3 aromatic heterocycles. The fourth-order valence-electron chi connectivity index (χ4n) is 3.59. The molecule has 9 nitrogen and oxygen atoms in total. The molecule has 4 heterocycles. The standard InChI is InChI=1S/C17H21N7O2/c1-2-22-8-3-4-12(22)10-18-15(25)11-23-9-6-13-16(17(23)26)21-20-14-5-7-19-24(13)14/h5-7,9,12H,2-4,8,10-11H2,1H3,(H,18,25)/t12-/m1/s1. The summed E-state index contributed by atoms with van der Waals surface area (Å²) >= 11 is 0. The van der Waals surface area contributed by atoms with Gasteiger partial charge in [-0.3, -0.25) is 14.5 Å². The van der Waals surface area contributed by atoms with Gasteiger partial charge in [0.05, 0.1) is 6.20 Å². The fraction of sp³-hybridized carbons (Fsp3) is 0.471. The maximum absolute atomic E-state index is 12.6. The van der Waals surface area contributed by atoms with E-state index in [2.05, 4.69) is 32.4 Å². The van der Waals surface area contributed by atoms with Gasteiger partial charge in [-0.25, -0.2) is 4.52 Å². The topological polar surface area (TPSA) is 97.4 Å². The second-order valence-electron chi connectivity index (χ2n) is 6.51. The predicted octanol–water partition coefficient (Wildman–Crippen LogP) is 0.0397. The smallest absolute Gasteiger partial charge is 0.281 e. The highest BCUT2D eigenvalue weighted by atomic mass is 16.2. The third kappa shape index (κ3) is 2.94. The van der Waals surface area contributed by atoms with Crippen molar-refractivity contribution < 1.29 is 4.79 Å². The van der Waals surface area contributed by atoms with Gasteiger partial charge in [0.2, 0.25) is 5.91 Å². The van der Waals surface area contributed by atoms with Crippen LogP contribution in [0.3, 0.4) is 0 Å². The summed E-state index contributed by atoms with van der Waals surface area (Å²) in [6, 6.07) is 3.83. The van der Waals surface area contributed by atoms with E-state index in [1.807, 2.05) is 0 Å². The lowest BCUT2D eigenvalue weighted by molar-refractivity contribution is -0.121. The van der Waals surface area contributed by atoms with E-state index in [4.69, 9.17) is 0 Å². The van der Waals surface area contributed by atoms with Crippen LogP contribution in [0.1, 0.15) is 19.8 Å². The molecular weight excluding hydrogens is 334 g/mol. The van der Waals surface area contributed by atoms with Crippen LogP contribution in [-0.2, 0) is 11.3 Å². The van der Waals surface area contributed by atoms with Crippen LogP contribution < -0.4 is 10.9 Å². The Hall–Kier alpha value is -2.81. The van der Waals surface area contributed by atoms with Crippen LogP contribution in [0.4, 0.5) is 0 Å². The number of carbonyl (C=O) groups is 1. The molecular formula is C17H21N7O2. The zero-order valence-electron chi connectivity index (χ0n) is 14.6. The number of carbonyl (C=O) groups excluding carboxylic acids is 1. The van der Waals surface area contributed by atoms with Crippen molar-refractivity contribution in [2.24, 2.45) is 0 Å². The minimum absolute atomic E-state index is 0.0353. The molecule has 1 N–H and O–H groups in total. The Morgan fingerprint density at radius 2 is 2.23 bits per heavy atom. The van der Waals surface area contributed by atoms with Crippen molar-refractivity contribution in [1.29, 1.82) is 0 Å². The normalized spacial score (nSPS) is 18.0. The molecule has 0 bridgehead atoms. The maximum atomic E-state index is 12.6. The van der Waals surface area contributed by atoms with Crippen molar-refractivity contribution in [3.05, 3.63) is 34.9 Å². The van der Waals surface area contributed by atoms with Gasteiger partial charge in [0.15, 0.2) is 11.2 Å². The van der Waals surface area contributed by atoms with E-state index < -0.39 is 0 Å². The van der Waals surface area contributed by atoms with Gasteiger partial charge in [-0.1, -0.05) is 6.92 Å². The average Bonchev–Trinajstić information content (AvgIpc) is 3.30. The van der Waals surface area contributed by atoms with Crippen LogP contribution >= 0.6 is 0 Å². The quantitative estimate of drug-likeness (QED) is 0.694. The van der Waals surface area contributed by atoms with E-state index >= 15 is 0 Å². The zero-order valence-corrected chi connectivity index (χ0v) is 14.6. The lowest BCUT2D eigenvalue weighted by atomic mass is 10.2. The summed E-state index contributed by atoms with van der Waals surface area (Å²) in [5.41, 5.74) is 0.999. The third-order valence-corrected chi connectivity index (χ3v) is 4.98. The molecule has 4 rings (SSSR count). The Bertz CT molecular complexity index is 1010. The van der Waals surface area contributed by atoms with E-state index in [1.165, 1.54) is 11.0 Å². The van der Waals surface area contributed by atoms with Crippen molar-refractivity contribution in [2.45, 2.75) is 32.4 Å². The van der Waals surface area contributed by atoms with Crippen LogP contribution in [0, 0.1) is 0 Å². The van der Waals surface area contributed by atoms with Crippen LogP contribution in [0.5, 0.6) is 0 Å². The summed E-state index contributed by atoms with van der Waals surface area (Å²) in [5.74, 6) is -0.178. The Balaban J connectivity index is 1.50. The van der Waals surface area contributed by atoms with Crippen molar-refractivity contribution in [2.75, 3.05) is 19.6 Å². The number of fused-ring (bicyclic) bond motifs is 3. The Kier molecular flexibility index (Phi) is 4.37. The van der Waals surface area contributed by atoms with Gasteiger partial charge in [0.25, 0.3) is 5.56 Å². The first-order chi connectivity index (χ1) is 12.7. The molecule has 9 heteroatoms. The van der Waals surface area contributed by atoms with Crippen LogP contribution in [0.25, 0.3) is 16.7 Å². The van der Waals surface area contributed by atoms with E-state index in [0.29, 0.717) is 23.8 Å². The summed E-state index contributed by atoms with van der Waals surface area (Å²) in [5, 5.41) is 15.1. The molecule has 1 atom stereocenters. The minimum Gasteiger partial charge on any atom is -0.353 e. The Labute approximate surface area is 149 Å². The summed E-state index contributed by atoms with van der Waals surface area (Å²) in [4.78, 5) is 27.3. The molecule has 0 spiro atoms. The molecule has 1 amide bonds. The van der Waals surface area contributed by atoms with Gasteiger partial charge in [0.1, 0.15) is 12.1 Å². The van der Waals surface area contributed by atoms with Crippen molar-refractivity contribution >= 4 is 22.6 Å². The number of pyridine rings is 1. The number of amides is 1. The predicted molar refractivity (Wildman–Crippen MR) is 95.8 cm³/mol. The Morgan fingerprint density at radius 1 is 1.35 bits per heavy atom. The van der Waals surface area contributed by atoms with E-state index in [0.717, 1.165) is 19.5 Å². The highest BCUT2D eigenvalue weighted by Gasteiger charge is 2.23. The number of hydrogen-bond donors (Lipinski definition) is 1. The van der Waals surface area contributed by atoms with Crippen LogP contribution in [-0.4, -0.2) is 60.9 Å². The van der Waals surface area contributed by atoms with Crippen molar-refractivity contribution in [1.82, 2.24) is 34.6 Å². The lowest BCUT2D eigenvalue weighted by Gasteiger charge is -2.22. The SMILES string of the molecule is CCN1CCC[C@@H]1CNC(=O)Cn1ccc2c(nnc3ccnn32)c1=O. The molecule has 26 heavy (non-hydrogen) atoms. The zero-order chi connectivity index (χ0) is 18.1. The van der Waals surface area contributed by atoms with Gasteiger partial charge in [-0.05, 0) is 32.0 Å². The first-order valence-electron chi connectivity index (χ1n) is 8.87. The molecule has 3 aromatic rings. The number of aromatic nitrogens is 5. The minimum atomic E-state index is -0.349. The first kappa shape index (κ1) is 16.6. The molecule has 136 valence electrons. The molecule has 1 fully saturated rings. The van der Waals surface area contributed by atoms with Gasteiger partial charge >= 0.3 is 0 Å². The Morgan fingerprint density at radius 3 is 3.08 bits per heavy atom. The van der Waals surface area contributed by atoms with Crippen molar-refractivity contribution in [3.8, 4) is 0 Å². The molecule has 0 aromatic carbocycles. The van der Waals surface area contributed by atoms with Crippen molar-refractivity contribution in [3.63, 3.8) is 0 Å². The van der Waals surface area contributed by atoms with Gasteiger partial charge in [-0.2, -0.15) is 5.10 Å². The van der Waals surface area contributed by atoms with E-state index in [1.54, 1.807) is 29.0 Å². The van der Waals surface area contributed by atoms with E-state index in [-0.39, 0.29) is 23.5 Å². The summed E-state index contributed by atoms with van der Waals surface area (Å²) in [6.07, 6.45) is 5.46. The second kappa shape index (κ2) is 6.83. The van der Waals surface area contributed by atoms with E-state index in [9.17, 15) is 9.59 Å². The van der Waals surface area contributed by atoms with Gasteiger partial charge in [0, 0.05) is 24.8 Å². The number of likely N-dealkylation sites (tertiary alicyclic amines) is 1. The molecule has 1 aliphatic rings. The molecule has 0 unspecified atom stereocenters. The number of likely N-dealkylation sites (N-methyl/N-ethyl adjacent to an activating group) is 1. The summed E-state index contributed by atoms with van der Waals surface area (Å²) in [7, 11) is 0. The molecule has 1 saturated heterocycles. The van der Waals surface area contributed by atoms with Gasteiger partial charge in [-0.15, -0.1) is 10.2 Å². The monoisotopic (exact) mass is 355 g/mol. The first-order valence-corrected chi connectivity index (χ1v) is 8.87. The molecule has 0 radical (unpaired) electrons. The lowest BCUT2D eigenvalue weighted by Crippen LogP contribution is -2.41. The molecule has 0 aliphatic carbocycles. The maximum Gasteiger partial charge on any atom is 0.281 e. The highest BCUT2D eigenvalue weighted by molar-refractivity contribution is 5.77. The molecule has 1 aliphatic heterocycles. The number of nitrogens with zero attached hydrogens (tertiary/aromatic N) is 6. The number of hydrogen-bond acceptors (Lipinski definition) is 6. The van der Waals surface area contributed by atoms with Gasteiger partial charge < -0.3 is 9.88 Å². The van der Waals surface area contributed by atoms with Crippen LogP contribution in [0.15, 0.2) is 29.3 Å². The highest BCUT2D eigenvalue weighted by Crippen LogP contribution is 2.15. The number of nitrogens with one attached hydrogen (secondary N) is 1. The average molecular weight is 355 g/mol. The largest absolute Gasteiger partial charge is 0.353 e. The van der Waals surface area contributed by atoms with Crippen LogP contribution in [0.2, 0.25) is 0 Å². The number of rotatable bonds is 5. The second-order valence-corrected chi connectivity index (χ2v) is 6.51. The molecule has 0 saturated carbocycles. The summed E-state index contributed by atoms with van der Waals surface area (Å²) in [6.45, 7) is 4.79. The fourth-order valence-corrected chi connectivity index (χ4v) is 3.59. The summed E-state index contributed by atoms with van der Waals surface area (Å²) < 4.78 is 2.92. The third-order valence-electron chi connectivity index (χ3n) is 4.98.